The predicted molar refractivity (Wildman–Crippen MR) is 55.3 cm³/mol. The number of hydrogen-bond acceptors (Lipinski definition) is 4. The highest BCUT2D eigenvalue weighted by Crippen LogP contribution is 2.28. The minimum absolute atomic E-state index is 0.195. The molecular formula is C11H14N2O2. The minimum atomic E-state index is -0.237. The van der Waals surface area contributed by atoms with Crippen molar-refractivity contribution in [1.29, 1.82) is 0 Å². The van der Waals surface area contributed by atoms with E-state index < -0.39 is 0 Å². The van der Waals surface area contributed by atoms with Crippen LogP contribution in [0.4, 0.5) is 0 Å². The van der Waals surface area contributed by atoms with Crippen LogP contribution in [0.1, 0.15) is 23.7 Å². The zero-order chi connectivity index (χ0) is 10.7. The number of aryl methyl sites for hydroxylation is 1. The van der Waals surface area contributed by atoms with Gasteiger partial charge in [0, 0.05) is 6.20 Å². The number of esters is 1. The number of methoxy groups -OCH3 is 1. The van der Waals surface area contributed by atoms with E-state index in [1.165, 1.54) is 12.7 Å². The lowest BCUT2D eigenvalue weighted by Gasteiger charge is -2.11. The maximum atomic E-state index is 11.0. The number of rotatable bonds is 3. The Kier molecular flexibility index (Phi) is 2.97. The SMILES string of the molecule is COC(=O)CNC1CCc2cccnc21. The van der Waals surface area contributed by atoms with E-state index in [1.54, 1.807) is 6.20 Å². The van der Waals surface area contributed by atoms with Gasteiger partial charge in [0.15, 0.2) is 0 Å². The van der Waals surface area contributed by atoms with Gasteiger partial charge in [-0.25, -0.2) is 0 Å². The molecule has 0 fully saturated rings. The Labute approximate surface area is 88.7 Å². The highest BCUT2D eigenvalue weighted by molar-refractivity contribution is 5.71. The molecule has 0 bridgehead atoms. The second kappa shape index (κ2) is 4.40. The molecule has 80 valence electrons. The first-order chi connectivity index (χ1) is 7.31. The van der Waals surface area contributed by atoms with E-state index in [0.717, 1.165) is 18.5 Å². The molecule has 4 nitrogen and oxygen atoms in total. The molecule has 0 spiro atoms. The summed E-state index contributed by atoms with van der Waals surface area (Å²) in [6.45, 7) is 0.247. The molecule has 1 N–H and O–H groups in total. The number of aromatic nitrogens is 1. The number of fused-ring (bicyclic) bond motifs is 1. The number of carbonyl (C=O) groups excluding carboxylic acids is 1. The zero-order valence-electron chi connectivity index (χ0n) is 8.69. The van der Waals surface area contributed by atoms with Crippen molar-refractivity contribution in [3.05, 3.63) is 29.6 Å². The zero-order valence-corrected chi connectivity index (χ0v) is 8.69. The minimum Gasteiger partial charge on any atom is -0.468 e. The first kappa shape index (κ1) is 10.1. The standard InChI is InChI=1S/C11H14N2O2/c1-15-10(14)7-13-9-5-4-8-3-2-6-12-11(8)9/h2-3,6,9,13H,4-5,7H2,1H3. The van der Waals surface area contributed by atoms with Gasteiger partial charge in [-0.1, -0.05) is 6.07 Å². The van der Waals surface area contributed by atoms with Crippen LogP contribution >= 0.6 is 0 Å². The molecule has 0 radical (unpaired) electrons. The topological polar surface area (TPSA) is 51.2 Å². The number of carbonyl (C=O) groups is 1. The Bertz CT molecular complexity index is 365. The van der Waals surface area contributed by atoms with E-state index >= 15 is 0 Å². The summed E-state index contributed by atoms with van der Waals surface area (Å²) in [7, 11) is 1.39. The summed E-state index contributed by atoms with van der Waals surface area (Å²) >= 11 is 0. The lowest BCUT2D eigenvalue weighted by atomic mass is 10.2. The number of hydrogen-bond donors (Lipinski definition) is 1. The summed E-state index contributed by atoms with van der Waals surface area (Å²) in [6, 6.07) is 4.23. The van der Waals surface area contributed by atoms with E-state index in [-0.39, 0.29) is 18.6 Å². The van der Waals surface area contributed by atoms with Crippen molar-refractivity contribution in [3.8, 4) is 0 Å². The molecule has 1 unspecified atom stereocenters. The average molecular weight is 206 g/mol. The third-order valence-electron chi connectivity index (χ3n) is 2.68. The van der Waals surface area contributed by atoms with Crippen LogP contribution in [0.25, 0.3) is 0 Å². The van der Waals surface area contributed by atoms with E-state index in [4.69, 9.17) is 0 Å². The highest BCUT2D eigenvalue weighted by Gasteiger charge is 2.23. The number of ether oxygens (including phenoxy) is 1. The molecule has 0 amide bonds. The van der Waals surface area contributed by atoms with Crippen molar-refractivity contribution in [3.63, 3.8) is 0 Å². The van der Waals surface area contributed by atoms with E-state index in [9.17, 15) is 4.79 Å². The number of pyridine rings is 1. The molecular weight excluding hydrogens is 192 g/mol. The van der Waals surface area contributed by atoms with Gasteiger partial charge >= 0.3 is 5.97 Å². The molecule has 0 saturated carbocycles. The van der Waals surface area contributed by atoms with Crippen LogP contribution in [0.5, 0.6) is 0 Å². The summed E-state index contributed by atoms with van der Waals surface area (Å²) in [5, 5.41) is 3.15. The third-order valence-corrected chi connectivity index (χ3v) is 2.68. The molecule has 2 rings (SSSR count). The Balaban J connectivity index is 1.99. The van der Waals surface area contributed by atoms with E-state index in [2.05, 4.69) is 21.1 Å². The Morgan fingerprint density at radius 2 is 2.60 bits per heavy atom. The second-order valence-electron chi connectivity index (χ2n) is 3.60. The van der Waals surface area contributed by atoms with Crippen LogP contribution in [0.15, 0.2) is 18.3 Å². The van der Waals surface area contributed by atoms with Gasteiger partial charge in [0.2, 0.25) is 0 Å². The van der Waals surface area contributed by atoms with Gasteiger partial charge in [-0.3, -0.25) is 15.1 Å². The maximum absolute atomic E-state index is 11.0. The molecule has 0 aliphatic heterocycles. The summed E-state index contributed by atoms with van der Waals surface area (Å²) < 4.78 is 4.58. The maximum Gasteiger partial charge on any atom is 0.319 e. The van der Waals surface area contributed by atoms with Gasteiger partial charge in [0.05, 0.1) is 25.4 Å². The van der Waals surface area contributed by atoms with Gasteiger partial charge in [0.25, 0.3) is 0 Å². The number of nitrogens with zero attached hydrogens (tertiary/aromatic N) is 1. The summed E-state index contributed by atoms with van der Waals surface area (Å²) in [4.78, 5) is 15.3. The van der Waals surface area contributed by atoms with Gasteiger partial charge in [-0.15, -0.1) is 0 Å². The molecule has 0 aromatic carbocycles. The van der Waals surface area contributed by atoms with Crippen molar-refractivity contribution in [2.75, 3.05) is 13.7 Å². The van der Waals surface area contributed by atoms with Gasteiger partial charge in [-0.2, -0.15) is 0 Å². The first-order valence-corrected chi connectivity index (χ1v) is 5.05. The number of nitrogens with one attached hydrogen (secondary N) is 1. The molecule has 4 heteroatoms. The molecule has 1 aromatic rings. The van der Waals surface area contributed by atoms with Crippen molar-refractivity contribution in [1.82, 2.24) is 10.3 Å². The fourth-order valence-electron chi connectivity index (χ4n) is 1.89. The van der Waals surface area contributed by atoms with Crippen molar-refractivity contribution in [2.45, 2.75) is 18.9 Å². The molecule has 1 atom stereocenters. The normalized spacial score (nSPS) is 18.6. The van der Waals surface area contributed by atoms with Crippen LogP contribution in [-0.4, -0.2) is 24.6 Å². The fraction of sp³-hybridized carbons (Fsp3) is 0.455. The molecule has 1 aliphatic carbocycles. The Hall–Kier alpha value is -1.42. The van der Waals surface area contributed by atoms with E-state index in [1.807, 2.05) is 6.07 Å². The van der Waals surface area contributed by atoms with Crippen molar-refractivity contribution < 1.29 is 9.53 Å². The average Bonchev–Trinajstić information content (AvgIpc) is 2.69. The largest absolute Gasteiger partial charge is 0.468 e. The predicted octanol–water partition coefficient (Wildman–Crippen LogP) is 0.831. The Morgan fingerprint density at radius 1 is 1.73 bits per heavy atom. The van der Waals surface area contributed by atoms with Crippen LogP contribution in [-0.2, 0) is 16.0 Å². The summed E-state index contributed by atoms with van der Waals surface area (Å²) in [5.41, 5.74) is 2.35. The van der Waals surface area contributed by atoms with Crippen LogP contribution in [0, 0.1) is 0 Å². The lowest BCUT2D eigenvalue weighted by Crippen LogP contribution is -2.27. The van der Waals surface area contributed by atoms with E-state index in [0.29, 0.717) is 0 Å². The highest BCUT2D eigenvalue weighted by atomic mass is 16.5. The van der Waals surface area contributed by atoms with Gasteiger partial charge in [0.1, 0.15) is 0 Å². The monoisotopic (exact) mass is 206 g/mol. The smallest absolute Gasteiger partial charge is 0.319 e. The molecule has 1 heterocycles. The third kappa shape index (κ3) is 2.15. The quantitative estimate of drug-likeness (QED) is 0.744. The van der Waals surface area contributed by atoms with Crippen LogP contribution in [0.2, 0.25) is 0 Å². The molecule has 15 heavy (non-hydrogen) atoms. The van der Waals surface area contributed by atoms with Gasteiger partial charge in [-0.05, 0) is 24.5 Å². The lowest BCUT2D eigenvalue weighted by molar-refractivity contribution is -0.139. The van der Waals surface area contributed by atoms with Crippen LogP contribution in [0.3, 0.4) is 0 Å². The second-order valence-corrected chi connectivity index (χ2v) is 3.60. The first-order valence-electron chi connectivity index (χ1n) is 5.05. The van der Waals surface area contributed by atoms with Crippen LogP contribution < -0.4 is 5.32 Å². The fourth-order valence-corrected chi connectivity index (χ4v) is 1.89. The van der Waals surface area contributed by atoms with Crippen molar-refractivity contribution in [2.24, 2.45) is 0 Å². The summed E-state index contributed by atoms with van der Waals surface area (Å²) in [5.74, 6) is -0.237. The molecule has 1 aliphatic rings. The molecule has 1 aromatic heterocycles. The Morgan fingerprint density at radius 3 is 3.40 bits per heavy atom. The summed E-state index contributed by atoms with van der Waals surface area (Å²) in [6.07, 6.45) is 3.82. The molecule has 0 saturated heterocycles. The van der Waals surface area contributed by atoms with Crippen molar-refractivity contribution >= 4 is 5.97 Å². The van der Waals surface area contributed by atoms with Gasteiger partial charge < -0.3 is 4.74 Å².